The molecule has 1 N–H and O–H groups in total. The number of rotatable bonds is 4. The maximum absolute atomic E-state index is 11.8. The zero-order chi connectivity index (χ0) is 12.3. The molecule has 5 nitrogen and oxygen atoms in total. The Morgan fingerprint density at radius 2 is 2.00 bits per heavy atom. The molecule has 0 aliphatic carbocycles. The fourth-order valence-corrected chi connectivity index (χ4v) is 3.71. The molecule has 16 heavy (non-hydrogen) atoms. The number of carbonyl (C=O) groups excluding carboxylic acids is 1. The first kappa shape index (κ1) is 13.3. The predicted octanol–water partition coefficient (Wildman–Crippen LogP) is 0.471. The molecule has 1 fully saturated rings. The van der Waals surface area contributed by atoms with E-state index in [2.05, 4.69) is 5.32 Å². The van der Waals surface area contributed by atoms with Crippen molar-refractivity contribution in [2.45, 2.75) is 26.0 Å². The first-order valence-corrected chi connectivity index (χ1v) is 7.32. The van der Waals surface area contributed by atoms with Gasteiger partial charge in [0.2, 0.25) is 0 Å². The van der Waals surface area contributed by atoms with Crippen molar-refractivity contribution in [1.29, 1.82) is 0 Å². The van der Waals surface area contributed by atoms with Gasteiger partial charge in [0.25, 0.3) is 0 Å². The third-order valence-electron chi connectivity index (χ3n) is 2.54. The number of hydrogen-bond donors (Lipinski definition) is 1. The van der Waals surface area contributed by atoms with E-state index in [0.717, 1.165) is 0 Å². The van der Waals surface area contributed by atoms with Crippen LogP contribution in [0.4, 0.5) is 4.79 Å². The molecule has 1 heterocycles. The van der Waals surface area contributed by atoms with Crippen molar-refractivity contribution >= 4 is 15.9 Å². The number of urea groups is 1. The largest absolute Gasteiger partial charge is 0.338 e. The fraction of sp³-hybridized carbons (Fsp3) is 0.900. The van der Waals surface area contributed by atoms with Crippen molar-refractivity contribution in [2.24, 2.45) is 5.92 Å². The van der Waals surface area contributed by atoms with Crippen LogP contribution < -0.4 is 5.32 Å². The Morgan fingerprint density at radius 1 is 1.44 bits per heavy atom. The number of nitrogens with zero attached hydrogens (tertiary/aromatic N) is 1. The third-order valence-corrected chi connectivity index (χ3v) is 4.98. The van der Waals surface area contributed by atoms with Crippen LogP contribution in [-0.4, -0.2) is 50.0 Å². The maximum Gasteiger partial charge on any atom is 0.317 e. The van der Waals surface area contributed by atoms with Crippen molar-refractivity contribution in [3.05, 3.63) is 0 Å². The minimum atomic E-state index is -3.03. The SMILES string of the molecule is CCNC(=O)N1CC(S(=O)(=O)CC(C)C)C1. The molecule has 0 aromatic rings. The molecule has 0 spiro atoms. The van der Waals surface area contributed by atoms with Crippen LogP contribution in [-0.2, 0) is 9.84 Å². The fourth-order valence-electron chi connectivity index (χ4n) is 1.69. The Kier molecular flexibility index (Phi) is 4.18. The highest BCUT2D eigenvalue weighted by Crippen LogP contribution is 2.18. The highest BCUT2D eigenvalue weighted by molar-refractivity contribution is 7.92. The molecule has 1 aliphatic heterocycles. The van der Waals surface area contributed by atoms with Crippen LogP contribution >= 0.6 is 0 Å². The summed E-state index contributed by atoms with van der Waals surface area (Å²) in [5.74, 6) is 0.351. The van der Waals surface area contributed by atoms with Crippen molar-refractivity contribution < 1.29 is 13.2 Å². The molecule has 0 aromatic carbocycles. The summed E-state index contributed by atoms with van der Waals surface area (Å²) in [6, 6.07) is -0.168. The Morgan fingerprint density at radius 3 is 2.44 bits per heavy atom. The van der Waals surface area contributed by atoms with Gasteiger partial charge in [-0.05, 0) is 12.8 Å². The number of sulfone groups is 1. The molecular weight excluding hydrogens is 228 g/mol. The Bertz CT molecular complexity index is 345. The lowest BCUT2D eigenvalue weighted by molar-refractivity contribution is 0.169. The number of amides is 2. The first-order valence-electron chi connectivity index (χ1n) is 5.61. The number of hydrogen-bond acceptors (Lipinski definition) is 3. The van der Waals surface area contributed by atoms with Gasteiger partial charge in [0, 0.05) is 19.6 Å². The van der Waals surface area contributed by atoms with Crippen molar-refractivity contribution in [2.75, 3.05) is 25.4 Å². The molecule has 2 amide bonds. The van der Waals surface area contributed by atoms with E-state index >= 15 is 0 Å². The van der Waals surface area contributed by atoms with Crippen LogP contribution in [0, 0.1) is 5.92 Å². The van der Waals surface area contributed by atoms with Gasteiger partial charge in [-0.3, -0.25) is 0 Å². The van der Waals surface area contributed by atoms with E-state index in [0.29, 0.717) is 19.6 Å². The summed E-state index contributed by atoms with van der Waals surface area (Å²) in [6.45, 7) is 6.85. The minimum absolute atomic E-state index is 0.142. The summed E-state index contributed by atoms with van der Waals surface area (Å²) in [6.07, 6.45) is 0. The normalized spacial score (nSPS) is 17.4. The van der Waals surface area contributed by atoms with Crippen molar-refractivity contribution in [1.82, 2.24) is 10.2 Å². The maximum atomic E-state index is 11.8. The van der Waals surface area contributed by atoms with Crippen LogP contribution in [0.3, 0.4) is 0 Å². The number of carbonyl (C=O) groups is 1. The molecule has 6 heteroatoms. The molecule has 0 aromatic heterocycles. The minimum Gasteiger partial charge on any atom is -0.338 e. The van der Waals surface area contributed by atoms with Gasteiger partial charge in [-0.1, -0.05) is 13.8 Å². The molecule has 0 bridgehead atoms. The monoisotopic (exact) mass is 248 g/mol. The lowest BCUT2D eigenvalue weighted by Gasteiger charge is -2.38. The Labute approximate surface area is 97.1 Å². The lowest BCUT2D eigenvalue weighted by atomic mass is 10.2. The molecule has 0 saturated carbocycles. The molecule has 94 valence electrons. The lowest BCUT2D eigenvalue weighted by Crippen LogP contribution is -2.59. The zero-order valence-electron chi connectivity index (χ0n) is 10.1. The smallest absolute Gasteiger partial charge is 0.317 e. The molecule has 0 unspecified atom stereocenters. The van der Waals surface area contributed by atoms with Gasteiger partial charge >= 0.3 is 6.03 Å². The summed E-state index contributed by atoms with van der Waals surface area (Å²) >= 11 is 0. The van der Waals surface area contributed by atoms with Crippen LogP contribution in [0.25, 0.3) is 0 Å². The van der Waals surface area contributed by atoms with Gasteiger partial charge in [0.1, 0.15) is 0 Å². The van der Waals surface area contributed by atoms with Crippen LogP contribution in [0.15, 0.2) is 0 Å². The quantitative estimate of drug-likeness (QED) is 0.786. The predicted molar refractivity (Wildman–Crippen MR) is 63.1 cm³/mol. The van der Waals surface area contributed by atoms with E-state index in [4.69, 9.17) is 0 Å². The third kappa shape index (κ3) is 3.10. The standard InChI is InChI=1S/C10H20N2O3S/c1-4-11-10(13)12-5-9(6-12)16(14,15)7-8(2)3/h8-9H,4-7H2,1-3H3,(H,11,13). The van der Waals surface area contributed by atoms with Gasteiger partial charge in [-0.2, -0.15) is 0 Å². The highest BCUT2D eigenvalue weighted by Gasteiger charge is 2.39. The summed E-state index contributed by atoms with van der Waals surface area (Å²) < 4.78 is 23.6. The molecular formula is C10H20N2O3S. The summed E-state index contributed by atoms with van der Waals surface area (Å²) in [4.78, 5) is 12.9. The van der Waals surface area contributed by atoms with E-state index in [9.17, 15) is 13.2 Å². The van der Waals surface area contributed by atoms with Gasteiger partial charge in [0.05, 0.1) is 11.0 Å². The van der Waals surface area contributed by atoms with E-state index < -0.39 is 9.84 Å². The Balaban J connectivity index is 2.43. The summed E-state index contributed by atoms with van der Waals surface area (Å²) in [5, 5.41) is 2.29. The van der Waals surface area contributed by atoms with Gasteiger partial charge < -0.3 is 10.2 Å². The molecule has 0 radical (unpaired) electrons. The van der Waals surface area contributed by atoms with Gasteiger partial charge in [0.15, 0.2) is 9.84 Å². The van der Waals surface area contributed by atoms with E-state index in [1.807, 2.05) is 20.8 Å². The zero-order valence-corrected chi connectivity index (χ0v) is 10.9. The van der Waals surface area contributed by atoms with Crippen LogP contribution in [0.5, 0.6) is 0 Å². The molecule has 0 atom stereocenters. The number of nitrogens with one attached hydrogen (secondary N) is 1. The molecule has 1 aliphatic rings. The summed E-state index contributed by atoms with van der Waals surface area (Å²) in [7, 11) is -3.03. The highest BCUT2D eigenvalue weighted by atomic mass is 32.2. The summed E-state index contributed by atoms with van der Waals surface area (Å²) in [5.41, 5.74) is 0. The van der Waals surface area contributed by atoms with Crippen LogP contribution in [0.1, 0.15) is 20.8 Å². The van der Waals surface area contributed by atoms with Crippen LogP contribution in [0.2, 0.25) is 0 Å². The second-order valence-electron chi connectivity index (χ2n) is 4.59. The topological polar surface area (TPSA) is 66.5 Å². The average molecular weight is 248 g/mol. The first-order chi connectivity index (χ1) is 7.36. The van der Waals surface area contributed by atoms with E-state index in [1.165, 1.54) is 4.90 Å². The van der Waals surface area contributed by atoms with E-state index in [1.54, 1.807) is 0 Å². The Hall–Kier alpha value is -0.780. The van der Waals surface area contributed by atoms with Crippen molar-refractivity contribution in [3.8, 4) is 0 Å². The van der Waals surface area contributed by atoms with Crippen molar-refractivity contribution in [3.63, 3.8) is 0 Å². The van der Waals surface area contributed by atoms with Gasteiger partial charge in [-0.25, -0.2) is 13.2 Å². The second kappa shape index (κ2) is 5.03. The second-order valence-corrected chi connectivity index (χ2v) is 6.91. The number of likely N-dealkylation sites (tertiary alicyclic amines) is 1. The molecule has 1 saturated heterocycles. The van der Waals surface area contributed by atoms with E-state index in [-0.39, 0.29) is 23.0 Å². The molecule has 1 rings (SSSR count). The average Bonchev–Trinajstić information content (AvgIpc) is 1.97. The van der Waals surface area contributed by atoms with Gasteiger partial charge in [-0.15, -0.1) is 0 Å².